The van der Waals surface area contributed by atoms with E-state index in [4.69, 9.17) is 5.73 Å². The molecule has 4 heteroatoms. The van der Waals surface area contributed by atoms with Crippen LogP contribution in [0.4, 0.5) is 0 Å². The van der Waals surface area contributed by atoms with Gasteiger partial charge in [0.1, 0.15) is 0 Å². The van der Waals surface area contributed by atoms with Gasteiger partial charge in [0.15, 0.2) is 0 Å². The predicted octanol–water partition coefficient (Wildman–Crippen LogP) is 0.848. The molecule has 1 saturated heterocycles. The molecule has 0 aromatic carbocycles. The number of rotatable bonds is 3. The molecule has 14 heavy (non-hydrogen) atoms. The minimum absolute atomic E-state index is 0. The molecule has 2 unspecified atom stereocenters. The lowest BCUT2D eigenvalue weighted by molar-refractivity contribution is 0.125. The first-order chi connectivity index (χ1) is 5.88. The van der Waals surface area contributed by atoms with E-state index in [2.05, 4.69) is 4.90 Å². The maximum absolute atomic E-state index is 9.41. The molecule has 0 aromatic heterocycles. The molecule has 86 valence electrons. The molecule has 2 atom stereocenters. The van der Waals surface area contributed by atoms with Crippen molar-refractivity contribution in [3.8, 4) is 0 Å². The van der Waals surface area contributed by atoms with Crippen molar-refractivity contribution in [2.75, 3.05) is 19.6 Å². The van der Waals surface area contributed by atoms with Gasteiger partial charge in [-0.2, -0.15) is 0 Å². The van der Waals surface area contributed by atoms with E-state index in [0.29, 0.717) is 5.92 Å². The van der Waals surface area contributed by atoms with Gasteiger partial charge in [-0.3, -0.25) is 0 Å². The second kappa shape index (κ2) is 5.31. The highest BCUT2D eigenvalue weighted by atomic mass is 35.5. The summed E-state index contributed by atoms with van der Waals surface area (Å²) in [6, 6.07) is 0. The van der Waals surface area contributed by atoms with Crippen molar-refractivity contribution in [3.05, 3.63) is 0 Å². The molecular formula is C10H23ClN2O. The highest BCUT2D eigenvalue weighted by molar-refractivity contribution is 5.85. The van der Waals surface area contributed by atoms with Gasteiger partial charge < -0.3 is 15.7 Å². The van der Waals surface area contributed by atoms with Crippen LogP contribution in [0, 0.1) is 5.92 Å². The van der Waals surface area contributed by atoms with Crippen molar-refractivity contribution in [1.29, 1.82) is 0 Å². The number of hydrogen-bond donors (Lipinski definition) is 2. The molecular weight excluding hydrogens is 200 g/mol. The van der Waals surface area contributed by atoms with Gasteiger partial charge >= 0.3 is 0 Å². The summed E-state index contributed by atoms with van der Waals surface area (Å²) < 4.78 is 0. The van der Waals surface area contributed by atoms with E-state index in [1.807, 2.05) is 20.8 Å². The third-order valence-corrected chi connectivity index (χ3v) is 2.62. The van der Waals surface area contributed by atoms with E-state index in [0.717, 1.165) is 26.1 Å². The van der Waals surface area contributed by atoms with E-state index in [-0.39, 0.29) is 24.0 Å². The molecule has 1 fully saturated rings. The Bertz CT molecular complexity index is 168. The summed E-state index contributed by atoms with van der Waals surface area (Å²) in [5.41, 5.74) is 5.82. The zero-order chi connectivity index (χ0) is 10.1. The second-order valence-electron chi connectivity index (χ2n) is 5.01. The summed E-state index contributed by atoms with van der Waals surface area (Å²) in [4.78, 5) is 2.34. The maximum Gasteiger partial charge on any atom is 0.0552 e. The van der Waals surface area contributed by atoms with Crippen molar-refractivity contribution in [2.45, 2.75) is 38.8 Å². The Balaban J connectivity index is 0.00000169. The lowest BCUT2D eigenvalue weighted by Gasteiger charge is -2.26. The van der Waals surface area contributed by atoms with Crippen LogP contribution < -0.4 is 5.73 Å². The Morgan fingerprint density at radius 2 is 2.14 bits per heavy atom. The summed E-state index contributed by atoms with van der Waals surface area (Å²) >= 11 is 0. The summed E-state index contributed by atoms with van der Waals surface area (Å²) in [6.07, 6.45) is 0.930. The molecule has 0 radical (unpaired) electrons. The van der Waals surface area contributed by atoms with Crippen LogP contribution in [0.2, 0.25) is 0 Å². The van der Waals surface area contributed by atoms with Crippen molar-refractivity contribution in [2.24, 2.45) is 11.7 Å². The quantitative estimate of drug-likeness (QED) is 0.745. The smallest absolute Gasteiger partial charge is 0.0552 e. The van der Waals surface area contributed by atoms with E-state index < -0.39 is 0 Å². The zero-order valence-electron chi connectivity index (χ0n) is 9.36. The molecule has 1 heterocycles. The van der Waals surface area contributed by atoms with Crippen LogP contribution in [0.5, 0.6) is 0 Å². The Morgan fingerprint density at radius 1 is 1.57 bits per heavy atom. The first kappa shape index (κ1) is 14.2. The summed E-state index contributed by atoms with van der Waals surface area (Å²) in [6.45, 7) is 8.97. The summed E-state index contributed by atoms with van der Waals surface area (Å²) in [5, 5.41) is 9.41. The molecule has 1 aliphatic rings. The molecule has 0 saturated carbocycles. The van der Waals surface area contributed by atoms with Gasteiger partial charge in [-0.15, -0.1) is 12.4 Å². The third kappa shape index (κ3) is 4.60. The van der Waals surface area contributed by atoms with Crippen LogP contribution in [0.15, 0.2) is 0 Å². The average Bonchev–Trinajstić information content (AvgIpc) is 2.31. The van der Waals surface area contributed by atoms with Gasteiger partial charge in [0, 0.05) is 18.6 Å². The van der Waals surface area contributed by atoms with Gasteiger partial charge in [-0.25, -0.2) is 0 Å². The lowest BCUT2D eigenvalue weighted by Crippen LogP contribution is -2.44. The second-order valence-corrected chi connectivity index (χ2v) is 5.01. The zero-order valence-corrected chi connectivity index (χ0v) is 10.2. The van der Waals surface area contributed by atoms with Crippen molar-refractivity contribution >= 4 is 12.4 Å². The monoisotopic (exact) mass is 222 g/mol. The van der Waals surface area contributed by atoms with E-state index in [1.165, 1.54) is 0 Å². The summed E-state index contributed by atoms with van der Waals surface area (Å²) in [7, 11) is 0. The van der Waals surface area contributed by atoms with Gasteiger partial charge in [0.2, 0.25) is 0 Å². The third-order valence-electron chi connectivity index (χ3n) is 2.62. The lowest BCUT2D eigenvalue weighted by atomic mass is 10.0. The Morgan fingerprint density at radius 3 is 2.50 bits per heavy atom. The topological polar surface area (TPSA) is 49.5 Å². The van der Waals surface area contributed by atoms with Crippen LogP contribution >= 0.6 is 12.4 Å². The average molecular weight is 223 g/mol. The normalized spacial score (nSPS) is 25.9. The molecule has 0 bridgehead atoms. The fraction of sp³-hybridized carbons (Fsp3) is 1.00. The minimum Gasteiger partial charge on any atom is -0.393 e. The molecule has 0 aromatic rings. The number of nitrogens with zero attached hydrogens (tertiary/aromatic N) is 1. The molecule has 3 N–H and O–H groups in total. The summed E-state index contributed by atoms with van der Waals surface area (Å²) in [5.74, 6) is 0.447. The molecule has 1 rings (SSSR count). The van der Waals surface area contributed by atoms with Gasteiger partial charge in [-0.1, -0.05) is 0 Å². The molecule has 0 amide bonds. The van der Waals surface area contributed by atoms with Crippen molar-refractivity contribution < 1.29 is 5.11 Å². The standard InChI is InChI=1S/C10H22N2O.ClH/c1-8(13)9-4-5-12(6-9)7-10(2,3)11;/h8-9,13H,4-7,11H2,1-3H3;1H. The SMILES string of the molecule is CC(O)C1CCN(CC(C)(C)N)C1.Cl. The highest BCUT2D eigenvalue weighted by Gasteiger charge is 2.28. The number of likely N-dealkylation sites (tertiary alicyclic amines) is 1. The molecule has 1 aliphatic heterocycles. The predicted molar refractivity (Wildman–Crippen MR) is 61.7 cm³/mol. The number of hydrogen-bond acceptors (Lipinski definition) is 3. The number of aliphatic hydroxyl groups is 1. The molecule has 0 spiro atoms. The van der Waals surface area contributed by atoms with Crippen LogP contribution in [0.3, 0.4) is 0 Å². The van der Waals surface area contributed by atoms with Crippen LogP contribution in [0.1, 0.15) is 27.2 Å². The van der Waals surface area contributed by atoms with Gasteiger partial charge in [-0.05, 0) is 39.7 Å². The number of nitrogens with two attached hydrogens (primary N) is 1. The minimum atomic E-state index is -0.175. The van der Waals surface area contributed by atoms with E-state index >= 15 is 0 Å². The van der Waals surface area contributed by atoms with Gasteiger partial charge in [0.25, 0.3) is 0 Å². The first-order valence-corrected chi connectivity index (χ1v) is 5.08. The largest absolute Gasteiger partial charge is 0.393 e. The Labute approximate surface area is 93.1 Å². The van der Waals surface area contributed by atoms with E-state index in [9.17, 15) is 5.11 Å². The van der Waals surface area contributed by atoms with Crippen molar-refractivity contribution in [3.63, 3.8) is 0 Å². The fourth-order valence-corrected chi connectivity index (χ4v) is 1.98. The molecule has 0 aliphatic carbocycles. The van der Waals surface area contributed by atoms with Gasteiger partial charge in [0.05, 0.1) is 6.10 Å². The maximum atomic E-state index is 9.41. The van der Waals surface area contributed by atoms with Crippen LogP contribution in [-0.4, -0.2) is 41.3 Å². The van der Waals surface area contributed by atoms with Crippen LogP contribution in [-0.2, 0) is 0 Å². The number of halogens is 1. The first-order valence-electron chi connectivity index (χ1n) is 5.08. The highest BCUT2D eigenvalue weighted by Crippen LogP contribution is 2.20. The van der Waals surface area contributed by atoms with Crippen LogP contribution in [0.25, 0.3) is 0 Å². The Hall–Kier alpha value is 0.170. The number of aliphatic hydroxyl groups excluding tert-OH is 1. The van der Waals surface area contributed by atoms with E-state index in [1.54, 1.807) is 0 Å². The van der Waals surface area contributed by atoms with Crippen molar-refractivity contribution in [1.82, 2.24) is 4.90 Å². The fourth-order valence-electron chi connectivity index (χ4n) is 1.98. The molecule has 3 nitrogen and oxygen atoms in total. The Kier molecular flexibility index (Phi) is 5.37.